The van der Waals surface area contributed by atoms with Gasteiger partial charge in [-0.05, 0) is 31.1 Å². The fourth-order valence-corrected chi connectivity index (χ4v) is 2.95. The third-order valence-corrected chi connectivity index (χ3v) is 4.33. The lowest BCUT2D eigenvalue weighted by Gasteiger charge is -2.24. The Morgan fingerprint density at radius 3 is 2.33 bits per heavy atom. The van der Waals surface area contributed by atoms with Gasteiger partial charge in [0.1, 0.15) is 0 Å². The van der Waals surface area contributed by atoms with Crippen molar-refractivity contribution in [1.29, 1.82) is 0 Å². The fourth-order valence-electron chi connectivity index (χ4n) is 2.95. The smallest absolute Gasteiger partial charge is 0.308 e. The lowest BCUT2D eigenvalue weighted by atomic mass is 9.99. The number of hydrogen-bond donors (Lipinski definition) is 1. The highest BCUT2D eigenvalue weighted by molar-refractivity contribution is 5.71. The second-order valence-corrected chi connectivity index (χ2v) is 5.49. The van der Waals surface area contributed by atoms with E-state index >= 15 is 0 Å². The molecule has 0 aromatic carbocycles. The van der Waals surface area contributed by atoms with Crippen LogP contribution in [0, 0.1) is 23.7 Å². The van der Waals surface area contributed by atoms with Gasteiger partial charge < -0.3 is 5.11 Å². The van der Waals surface area contributed by atoms with Gasteiger partial charge >= 0.3 is 5.97 Å². The van der Waals surface area contributed by atoms with Gasteiger partial charge in [0.05, 0.1) is 5.92 Å². The molecule has 1 saturated carbocycles. The van der Waals surface area contributed by atoms with E-state index < -0.39 is 5.97 Å². The van der Waals surface area contributed by atoms with Crippen molar-refractivity contribution in [2.75, 3.05) is 13.1 Å². The molecule has 3 nitrogen and oxygen atoms in total. The monoisotopic (exact) mass is 211 g/mol. The standard InChI is InChI=1S/C12H21NO2/c1-7-4-10(7)9(3)13-5-8(2)11(6-13)12(14)15/h7-11H,4-6H2,1-3H3,(H,14,15). The Hall–Kier alpha value is -0.570. The molecule has 1 saturated heterocycles. The number of nitrogens with zero attached hydrogens (tertiary/aromatic N) is 1. The minimum Gasteiger partial charge on any atom is -0.481 e. The molecule has 1 heterocycles. The lowest BCUT2D eigenvalue weighted by molar-refractivity contribution is -0.142. The summed E-state index contributed by atoms with van der Waals surface area (Å²) < 4.78 is 0. The van der Waals surface area contributed by atoms with Crippen LogP contribution in [0.2, 0.25) is 0 Å². The van der Waals surface area contributed by atoms with Gasteiger partial charge in [-0.2, -0.15) is 0 Å². The number of rotatable bonds is 3. The molecule has 0 radical (unpaired) electrons. The number of carbonyl (C=O) groups is 1. The van der Waals surface area contributed by atoms with Gasteiger partial charge in [-0.25, -0.2) is 0 Å². The Bertz CT molecular complexity index is 266. The van der Waals surface area contributed by atoms with Crippen molar-refractivity contribution in [3.8, 4) is 0 Å². The van der Waals surface area contributed by atoms with Crippen LogP contribution in [-0.2, 0) is 4.79 Å². The van der Waals surface area contributed by atoms with Gasteiger partial charge in [-0.3, -0.25) is 9.69 Å². The molecule has 0 aromatic heterocycles. The zero-order valence-corrected chi connectivity index (χ0v) is 9.81. The van der Waals surface area contributed by atoms with E-state index in [9.17, 15) is 4.79 Å². The molecule has 2 aliphatic rings. The minimum absolute atomic E-state index is 0.151. The summed E-state index contributed by atoms with van der Waals surface area (Å²) in [5, 5.41) is 9.06. The third-order valence-electron chi connectivity index (χ3n) is 4.33. The Labute approximate surface area is 91.5 Å². The maximum absolute atomic E-state index is 11.0. The van der Waals surface area contributed by atoms with Gasteiger partial charge in [0.15, 0.2) is 0 Å². The van der Waals surface area contributed by atoms with Crippen LogP contribution in [0.15, 0.2) is 0 Å². The molecule has 3 heteroatoms. The SMILES string of the molecule is CC1CN(C(C)C2CC2C)CC1C(=O)O. The topological polar surface area (TPSA) is 40.5 Å². The van der Waals surface area contributed by atoms with Crippen LogP contribution in [-0.4, -0.2) is 35.1 Å². The average molecular weight is 211 g/mol. The highest BCUT2D eigenvalue weighted by Crippen LogP contribution is 2.43. The lowest BCUT2D eigenvalue weighted by Crippen LogP contribution is -2.33. The first-order chi connectivity index (χ1) is 7.00. The Balaban J connectivity index is 1.93. The summed E-state index contributed by atoms with van der Waals surface area (Å²) in [6.07, 6.45) is 1.32. The summed E-state index contributed by atoms with van der Waals surface area (Å²) in [5.41, 5.74) is 0. The molecule has 0 aromatic rings. The maximum Gasteiger partial charge on any atom is 0.308 e. The molecule has 0 bridgehead atoms. The number of hydrogen-bond acceptors (Lipinski definition) is 2. The minimum atomic E-state index is -0.624. The first-order valence-corrected chi connectivity index (χ1v) is 5.97. The van der Waals surface area contributed by atoms with Crippen LogP contribution in [0.1, 0.15) is 27.2 Å². The van der Waals surface area contributed by atoms with Gasteiger partial charge in [0.2, 0.25) is 0 Å². The van der Waals surface area contributed by atoms with E-state index in [1.807, 2.05) is 0 Å². The van der Waals surface area contributed by atoms with Crippen molar-refractivity contribution in [3.05, 3.63) is 0 Å². The van der Waals surface area contributed by atoms with Crippen LogP contribution in [0.5, 0.6) is 0 Å². The van der Waals surface area contributed by atoms with Gasteiger partial charge in [0, 0.05) is 19.1 Å². The molecule has 1 N–H and O–H groups in total. The molecule has 0 amide bonds. The Kier molecular flexibility index (Phi) is 2.75. The van der Waals surface area contributed by atoms with Crippen molar-refractivity contribution in [1.82, 2.24) is 4.90 Å². The number of carboxylic acids is 1. The molecule has 0 spiro atoms. The molecule has 5 unspecified atom stereocenters. The van der Waals surface area contributed by atoms with E-state index in [1.54, 1.807) is 0 Å². The molecule has 2 rings (SSSR count). The van der Waals surface area contributed by atoms with E-state index in [-0.39, 0.29) is 5.92 Å². The van der Waals surface area contributed by atoms with Gasteiger partial charge in [-0.15, -0.1) is 0 Å². The van der Waals surface area contributed by atoms with E-state index in [4.69, 9.17) is 5.11 Å². The van der Waals surface area contributed by atoms with Crippen molar-refractivity contribution < 1.29 is 9.90 Å². The van der Waals surface area contributed by atoms with Crippen molar-refractivity contribution in [2.24, 2.45) is 23.7 Å². The van der Waals surface area contributed by atoms with E-state index in [0.717, 1.165) is 24.9 Å². The number of aliphatic carboxylic acids is 1. The largest absolute Gasteiger partial charge is 0.481 e. The Morgan fingerprint density at radius 1 is 1.33 bits per heavy atom. The van der Waals surface area contributed by atoms with E-state index in [0.29, 0.717) is 12.0 Å². The molecular weight excluding hydrogens is 190 g/mol. The van der Waals surface area contributed by atoms with Crippen molar-refractivity contribution in [2.45, 2.75) is 33.2 Å². The van der Waals surface area contributed by atoms with Crippen LogP contribution >= 0.6 is 0 Å². The highest BCUT2D eigenvalue weighted by atomic mass is 16.4. The number of carboxylic acid groups (broad SMARTS) is 1. The van der Waals surface area contributed by atoms with Crippen LogP contribution in [0.3, 0.4) is 0 Å². The normalized spacial score (nSPS) is 42.9. The quantitative estimate of drug-likeness (QED) is 0.772. The molecule has 5 atom stereocenters. The predicted molar refractivity (Wildman–Crippen MR) is 58.6 cm³/mol. The molecule has 1 aliphatic carbocycles. The first-order valence-electron chi connectivity index (χ1n) is 5.97. The highest BCUT2D eigenvalue weighted by Gasteiger charge is 2.44. The second-order valence-electron chi connectivity index (χ2n) is 5.49. The van der Waals surface area contributed by atoms with Crippen LogP contribution in [0.4, 0.5) is 0 Å². The predicted octanol–water partition coefficient (Wildman–Crippen LogP) is 1.68. The van der Waals surface area contributed by atoms with E-state index in [2.05, 4.69) is 25.7 Å². The maximum atomic E-state index is 11.0. The second kappa shape index (κ2) is 3.78. The molecule has 86 valence electrons. The van der Waals surface area contributed by atoms with Crippen molar-refractivity contribution >= 4 is 5.97 Å². The van der Waals surface area contributed by atoms with Crippen LogP contribution < -0.4 is 0 Å². The summed E-state index contributed by atoms with van der Waals surface area (Å²) in [6.45, 7) is 8.31. The molecule has 1 aliphatic heterocycles. The molecule has 15 heavy (non-hydrogen) atoms. The average Bonchev–Trinajstić information content (AvgIpc) is 2.73. The number of likely N-dealkylation sites (tertiary alicyclic amines) is 1. The summed E-state index contributed by atoms with van der Waals surface area (Å²) in [4.78, 5) is 13.4. The summed E-state index contributed by atoms with van der Waals surface area (Å²) in [5.74, 6) is 1.19. The molecular formula is C12H21NO2. The summed E-state index contributed by atoms with van der Waals surface area (Å²) in [7, 11) is 0. The third kappa shape index (κ3) is 2.03. The van der Waals surface area contributed by atoms with Gasteiger partial charge in [0.25, 0.3) is 0 Å². The van der Waals surface area contributed by atoms with Crippen LogP contribution in [0.25, 0.3) is 0 Å². The molecule has 2 fully saturated rings. The fraction of sp³-hybridized carbons (Fsp3) is 0.917. The Morgan fingerprint density at radius 2 is 1.93 bits per heavy atom. The first kappa shape index (κ1) is 10.9. The summed E-state index contributed by atoms with van der Waals surface area (Å²) >= 11 is 0. The van der Waals surface area contributed by atoms with Crippen molar-refractivity contribution in [3.63, 3.8) is 0 Å². The zero-order valence-electron chi connectivity index (χ0n) is 9.81. The van der Waals surface area contributed by atoms with E-state index in [1.165, 1.54) is 6.42 Å². The summed E-state index contributed by atoms with van der Waals surface area (Å²) in [6, 6.07) is 0.576. The zero-order chi connectivity index (χ0) is 11.2. The van der Waals surface area contributed by atoms with Gasteiger partial charge in [-0.1, -0.05) is 13.8 Å².